The second kappa shape index (κ2) is 9.00. The van der Waals surface area contributed by atoms with Crippen LogP contribution in [0.2, 0.25) is 0 Å². The van der Waals surface area contributed by atoms with Crippen molar-refractivity contribution in [2.45, 2.75) is 19.9 Å². The van der Waals surface area contributed by atoms with Gasteiger partial charge in [0.05, 0.1) is 10.7 Å². The highest BCUT2D eigenvalue weighted by Crippen LogP contribution is 2.17. The van der Waals surface area contributed by atoms with Gasteiger partial charge in [0.2, 0.25) is 0 Å². The van der Waals surface area contributed by atoms with Crippen LogP contribution in [0.1, 0.15) is 32.0 Å². The van der Waals surface area contributed by atoms with Crippen LogP contribution in [0.3, 0.4) is 0 Å². The molecular weight excluding hydrogens is 329 g/mol. The molecule has 1 amide bonds. The Kier molecular flexibility index (Phi) is 8.51. The first kappa shape index (κ1) is 19.9. The van der Waals surface area contributed by atoms with Gasteiger partial charge in [-0.15, -0.1) is 36.2 Å². The summed E-state index contributed by atoms with van der Waals surface area (Å²) in [5, 5.41) is 3.76. The number of aryl methyl sites for hydroxylation is 2. The number of nitrogens with two attached hydrogens (primary N) is 1. The summed E-state index contributed by atoms with van der Waals surface area (Å²) in [4.78, 5) is 16.9. The van der Waals surface area contributed by atoms with E-state index in [1.54, 1.807) is 0 Å². The zero-order valence-corrected chi connectivity index (χ0v) is 14.3. The van der Waals surface area contributed by atoms with Crippen molar-refractivity contribution in [2.24, 2.45) is 5.73 Å². The fourth-order valence-electron chi connectivity index (χ4n) is 1.84. The third-order valence-corrected chi connectivity index (χ3v) is 3.89. The number of aromatic nitrogens is 1. The minimum Gasteiger partial charge on any atom is -0.349 e. The zero-order chi connectivity index (χ0) is 13.8. The van der Waals surface area contributed by atoms with E-state index in [1.165, 1.54) is 11.3 Å². The molecule has 0 aliphatic carbocycles. The summed E-state index contributed by atoms with van der Waals surface area (Å²) >= 11 is 1.41. The number of hydrogen-bond donors (Lipinski definition) is 2. The molecule has 1 aromatic heterocycles. The van der Waals surface area contributed by atoms with Crippen LogP contribution in [0.15, 0.2) is 30.3 Å². The first-order valence-corrected chi connectivity index (χ1v) is 6.92. The third-order valence-electron chi connectivity index (χ3n) is 2.82. The highest BCUT2D eigenvalue weighted by molar-refractivity contribution is 7.13. The number of amides is 1. The van der Waals surface area contributed by atoms with Crippen molar-refractivity contribution < 1.29 is 4.79 Å². The summed E-state index contributed by atoms with van der Waals surface area (Å²) in [6, 6.07) is 9.54. The molecule has 1 aromatic carbocycles. The molecule has 1 atom stereocenters. The number of carbonyl (C=O) groups excluding carboxylic acids is 1. The largest absolute Gasteiger partial charge is 0.349 e. The van der Waals surface area contributed by atoms with Crippen LogP contribution in [-0.4, -0.2) is 17.4 Å². The molecule has 21 heavy (non-hydrogen) atoms. The number of carbonyl (C=O) groups is 1. The molecule has 0 aliphatic heterocycles. The van der Waals surface area contributed by atoms with Crippen molar-refractivity contribution in [3.8, 4) is 0 Å². The normalized spacial score (nSPS) is 11.0. The minimum absolute atomic E-state index is 0. The van der Waals surface area contributed by atoms with Crippen LogP contribution in [0.4, 0.5) is 0 Å². The Morgan fingerprint density at radius 3 is 2.43 bits per heavy atom. The molecule has 0 fully saturated rings. The van der Waals surface area contributed by atoms with Crippen molar-refractivity contribution >= 4 is 42.1 Å². The molecule has 1 unspecified atom stereocenters. The lowest BCUT2D eigenvalue weighted by atomic mass is 10.1. The molecule has 0 aliphatic rings. The van der Waals surface area contributed by atoms with Crippen LogP contribution in [0.5, 0.6) is 0 Å². The maximum atomic E-state index is 12.0. The molecular formula is C14H19Cl2N3OS. The SMILES string of the molecule is Cc1nc(C)c(C(=O)NCC(N)c2ccccc2)s1.Cl.Cl. The van der Waals surface area contributed by atoms with Crippen molar-refractivity contribution in [1.82, 2.24) is 10.3 Å². The lowest BCUT2D eigenvalue weighted by Gasteiger charge is -2.12. The number of thiazole rings is 1. The van der Waals surface area contributed by atoms with E-state index in [-0.39, 0.29) is 36.8 Å². The fourth-order valence-corrected chi connectivity index (χ4v) is 2.68. The quantitative estimate of drug-likeness (QED) is 0.892. The van der Waals surface area contributed by atoms with Gasteiger partial charge in [-0.1, -0.05) is 30.3 Å². The van der Waals surface area contributed by atoms with Crippen molar-refractivity contribution in [3.05, 3.63) is 51.5 Å². The summed E-state index contributed by atoms with van der Waals surface area (Å²) in [6.45, 7) is 4.15. The number of nitrogens with one attached hydrogen (secondary N) is 1. The number of hydrogen-bond acceptors (Lipinski definition) is 4. The van der Waals surface area contributed by atoms with Gasteiger partial charge in [0, 0.05) is 12.6 Å². The van der Waals surface area contributed by atoms with Crippen molar-refractivity contribution in [2.75, 3.05) is 6.54 Å². The van der Waals surface area contributed by atoms with E-state index in [4.69, 9.17) is 5.73 Å². The number of nitrogens with zero attached hydrogens (tertiary/aromatic N) is 1. The molecule has 0 radical (unpaired) electrons. The second-order valence-electron chi connectivity index (χ2n) is 4.37. The van der Waals surface area contributed by atoms with Gasteiger partial charge in [0.25, 0.3) is 5.91 Å². The molecule has 116 valence electrons. The predicted octanol–water partition coefficient (Wildman–Crippen LogP) is 3.03. The molecule has 0 bridgehead atoms. The molecule has 0 spiro atoms. The van der Waals surface area contributed by atoms with Gasteiger partial charge in [0.15, 0.2) is 0 Å². The van der Waals surface area contributed by atoms with E-state index in [9.17, 15) is 4.79 Å². The summed E-state index contributed by atoms with van der Waals surface area (Å²) in [5.74, 6) is -0.102. The lowest BCUT2D eigenvalue weighted by molar-refractivity contribution is 0.0954. The molecule has 1 heterocycles. The first-order valence-electron chi connectivity index (χ1n) is 6.10. The average molecular weight is 348 g/mol. The molecule has 4 nitrogen and oxygen atoms in total. The van der Waals surface area contributed by atoms with Gasteiger partial charge in [-0.2, -0.15) is 0 Å². The Bertz CT molecular complexity index is 575. The number of benzene rings is 1. The molecule has 2 rings (SSSR count). The fraction of sp³-hybridized carbons (Fsp3) is 0.286. The van der Waals surface area contributed by atoms with Gasteiger partial charge in [0.1, 0.15) is 4.88 Å². The van der Waals surface area contributed by atoms with E-state index in [0.717, 1.165) is 16.3 Å². The van der Waals surface area contributed by atoms with Gasteiger partial charge < -0.3 is 11.1 Å². The predicted molar refractivity (Wildman–Crippen MR) is 91.8 cm³/mol. The zero-order valence-electron chi connectivity index (χ0n) is 11.8. The van der Waals surface area contributed by atoms with Crippen molar-refractivity contribution in [3.63, 3.8) is 0 Å². The van der Waals surface area contributed by atoms with E-state index >= 15 is 0 Å². The highest BCUT2D eigenvalue weighted by Gasteiger charge is 2.14. The Balaban J connectivity index is 0.00000200. The standard InChI is InChI=1S/C14H17N3OS.2ClH/c1-9-13(19-10(2)17-9)14(18)16-8-12(15)11-6-4-3-5-7-11;;/h3-7,12H,8,15H2,1-2H3,(H,16,18);2*1H. The van der Waals surface area contributed by atoms with Crippen LogP contribution in [-0.2, 0) is 0 Å². The molecule has 0 saturated carbocycles. The summed E-state index contributed by atoms with van der Waals surface area (Å²) in [5.41, 5.74) is 7.82. The Morgan fingerprint density at radius 1 is 1.29 bits per heavy atom. The minimum atomic E-state index is -0.195. The van der Waals surface area contributed by atoms with Crippen molar-refractivity contribution in [1.29, 1.82) is 0 Å². The Morgan fingerprint density at radius 2 is 1.90 bits per heavy atom. The van der Waals surface area contributed by atoms with Crippen LogP contribution >= 0.6 is 36.2 Å². The van der Waals surface area contributed by atoms with E-state index in [2.05, 4.69) is 10.3 Å². The summed E-state index contributed by atoms with van der Waals surface area (Å²) < 4.78 is 0. The van der Waals surface area contributed by atoms with E-state index in [1.807, 2.05) is 44.2 Å². The molecule has 3 N–H and O–H groups in total. The Labute approximate surface area is 141 Å². The van der Waals surface area contributed by atoms with Gasteiger partial charge in [-0.3, -0.25) is 4.79 Å². The van der Waals surface area contributed by atoms with Crippen LogP contribution < -0.4 is 11.1 Å². The van der Waals surface area contributed by atoms with Gasteiger partial charge in [-0.05, 0) is 19.4 Å². The van der Waals surface area contributed by atoms with E-state index < -0.39 is 0 Å². The summed E-state index contributed by atoms with van der Waals surface area (Å²) in [7, 11) is 0. The topological polar surface area (TPSA) is 68.0 Å². The van der Waals surface area contributed by atoms with Gasteiger partial charge >= 0.3 is 0 Å². The molecule has 2 aromatic rings. The smallest absolute Gasteiger partial charge is 0.263 e. The number of rotatable bonds is 4. The maximum absolute atomic E-state index is 12.0. The highest BCUT2D eigenvalue weighted by atomic mass is 35.5. The average Bonchev–Trinajstić information content (AvgIpc) is 2.75. The van der Waals surface area contributed by atoms with Gasteiger partial charge in [-0.25, -0.2) is 4.98 Å². The number of halogens is 2. The first-order chi connectivity index (χ1) is 9.08. The monoisotopic (exact) mass is 347 g/mol. The molecule has 7 heteroatoms. The van der Waals surface area contributed by atoms with Crippen LogP contribution in [0, 0.1) is 13.8 Å². The van der Waals surface area contributed by atoms with E-state index in [0.29, 0.717) is 11.4 Å². The van der Waals surface area contributed by atoms with Crippen LogP contribution in [0.25, 0.3) is 0 Å². The second-order valence-corrected chi connectivity index (χ2v) is 5.58. The molecule has 0 saturated heterocycles. The summed E-state index contributed by atoms with van der Waals surface area (Å²) in [6.07, 6.45) is 0. The lowest BCUT2D eigenvalue weighted by Crippen LogP contribution is -2.31. The maximum Gasteiger partial charge on any atom is 0.263 e. The third kappa shape index (κ3) is 5.28. The Hall–Kier alpha value is -1.14.